The van der Waals surface area contributed by atoms with Crippen molar-refractivity contribution in [2.75, 3.05) is 63.0 Å². The van der Waals surface area contributed by atoms with E-state index in [4.69, 9.17) is 24.7 Å². The molecule has 0 saturated carbocycles. The Morgan fingerprint density at radius 3 is 1.23 bits per heavy atom. The highest BCUT2D eigenvalue weighted by Gasteiger charge is 2.15. The molecule has 6 N–H and O–H groups in total. The summed E-state index contributed by atoms with van der Waals surface area (Å²) in [6.45, 7) is 55.1. The highest BCUT2D eigenvalue weighted by Crippen LogP contribution is 2.20. The van der Waals surface area contributed by atoms with Crippen LogP contribution in [0.2, 0.25) is 0 Å². The first-order valence-corrected chi connectivity index (χ1v) is 45.5. The maximum Gasteiger partial charge on any atom is 0.306 e. The first-order valence-electron chi connectivity index (χ1n) is 45.5. The first kappa shape index (κ1) is 130. The number of amides is 5. The Morgan fingerprint density at radius 1 is 0.438 bits per heavy atom. The van der Waals surface area contributed by atoms with Crippen molar-refractivity contribution in [3.63, 3.8) is 0 Å². The molecule has 1 aliphatic rings. The number of aryl methyl sites for hydroxylation is 1. The van der Waals surface area contributed by atoms with Crippen LogP contribution in [-0.2, 0) is 51.4 Å². The molecule has 0 aromatic heterocycles. The van der Waals surface area contributed by atoms with Gasteiger partial charge in [-0.2, -0.15) is 0 Å². The molecule has 692 valence electrons. The van der Waals surface area contributed by atoms with Gasteiger partial charge in [0.1, 0.15) is 23.9 Å². The fraction of sp³-hybridized carbons (Fsp3) is 0.570. The number of carbonyl (C=O) groups is 7. The number of halogens is 1. The topological polar surface area (TPSA) is 277 Å². The Kier molecular flexibility index (Phi) is 110. The largest absolute Gasteiger partial charge is 0.497 e. The summed E-state index contributed by atoms with van der Waals surface area (Å²) in [5.41, 5.74) is 11.3. The molecule has 0 bridgehead atoms. The third-order valence-electron chi connectivity index (χ3n) is 15.1. The summed E-state index contributed by atoms with van der Waals surface area (Å²) < 4.78 is 33.0. The number of ether oxygens (including phenoxy) is 4. The zero-order chi connectivity index (χ0) is 94.1. The molecular formula is C100H172FN7O13. The number of nitrogens with zero attached hydrogens (tertiary/aromatic N) is 2. The van der Waals surface area contributed by atoms with Gasteiger partial charge >= 0.3 is 5.97 Å². The van der Waals surface area contributed by atoms with E-state index in [2.05, 4.69) is 42.0 Å². The minimum absolute atomic E-state index is 0.0171. The molecule has 7 rings (SSSR count). The molecule has 5 amide bonds. The number of benzene rings is 6. The van der Waals surface area contributed by atoms with Gasteiger partial charge in [-0.3, -0.25) is 43.7 Å². The van der Waals surface area contributed by atoms with E-state index in [0.29, 0.717) is 82.7 Å². The van der Waals surface area contributed by atoms with Gasteiger partial charge in [-0.25, -0.2) is 4.39 Å². The lowest BCUT2D eigenvalue weighted by atomic mass is 10.0. The molecule has 1 aliphatic heterocycles. The number of nitro benzene ring substituents is 1. The number of nitrogens with one attached hydrogen (secondary N) is 4. The molecule has 1 heterocycles. The predicted molar refractivity (Wildman–Crippen MR) is 514 cm³/mol. The minimum Gasteiger partial charge on any atom is -0.497 e. The fourth-order valence-corrected chi connectivity index (χ4v) is 9.30. The van der Waals surface area contributed by atoms with E-state index in [1.807, 2.05) is 260 Å². The van der Waals surface area contributed by atoms with Crippen LogP contribution in [0.15, 0.2) is 152 Å². The summed E-state index contributed by atoms with van der Waals surface area (Å²) in [4.78, 5) is 90.9. The molecule has 1 saturated heterocycles. The molecule has 121 heavy (non-hydrogen) atoms. The number of hydrogen-bond donors (Lipinski definition) is 5. The Morgan fingerprint density at radius 2 is 0.835 bits per heavy atom. The van der Waals surface area contributed by atoms with Gasteiger partial charge < -0.3 is 50.8 Å². The number of carbonyl (C=O) groups excluding carboxylic acids is 7. The molecule has 0 atom stereocenters. The highest BCUT2D eigenvalue weighted by atomic mass is 19.1. The molecular weight excluding hydrogens is 1530 g/mol. The van der Waals surface area contributed by atoms with E-state index in [-0.39, 0.29) is 52.8 Å². The number of nitro groups is 1. The number of ketones is 1. The van der Waals surface area contributed by atoms with Crippen LogP contribution in [-0.4, -0.2) is 98.2 Å². The Balaban J connectivity index is -0.000000166. The van der Waals surface area contributed by atoms with Crippen LogP contribution in [0, 0.1) is 22.9 Å². The number of unbranched alkanes of at least 4 members (excludes halogenated alkanes) is 8. The first-order chi connectivity index (χ1) is 58.7. The Bertz CT molecular complexity index is 3250. The molecule has 21 heteroatoms. The monoisotopic (exact) mass is 1700 g/mol. The van der Waals surface area contributed by atoms with Crippen LogP contribution in [0.4, 0.5) is 27.1 Å². The summed E-state index contributed by atoms with van der Waals surface area (Å²) in [5.74, 6) is 1.80. The predicted octanol–water partition coefficient (Wildman–Crippen LogP) is 27.3. The van der Waals surface area contributed by atoms with Gasteiger partial charge in [0.25, 0.3) is 5.69 Å². The molecule has 0 unspecified atom stereocenters. The zero-order valence-corrected chi connectivity index (χ0v) is 80.8. The van der Waals surface area contributed by atoms with Gasteiger partial charge in [-0.15, -0.1) is 0 Å². The van der Waals surface area contributed by atoms with Gasteiger partial charge in [0.2, 0.25) is 29.5 Å². The van der Waals surface area contributed by atoms with E-state index < -0.39 is 4.92 Å². The average Bonchev–Trinajstić information content (AvgIpc) is 0.478. The highest BCUT2D eigenvalue weighted by molar-refractivity contribution is 5.96. The van der Waals surface area contributed by atoms with Crippen LogP contribution in [0.25, 0.3) is 0 Å². The van der Waals surface area contributed by atoms with Crippen molar-refractivity contribution in [2.45, 2.75) is 334 Å². The minimum atomic E-state index is -0.475. The molecule has 6 aromatic rings. The van der Waals surface area contributed by atoms with Crippen LogP contribution in [0.5, 0.6) is 11.5 Å². The third-order valence-corrected chi connectivity index (χ3v) is 15.1. The zero-order valence-electron chi connectivity index (χ0n) is 80.8. The fourth-order valence-electron chi connectivity index (χ4n) is 9.30. The van der Waals surface area contributed by atoms with Crippen molar-refractivity contribution < 1.29 is 61.8 Å². The van der Waals surface area contributed by atoms with E-state index in [1.165, 1.54) is 81.3 Å². The molecule has 20 nitrogen and oxygen atoms in total. The Hall–Kier alpha value is -9.34. The molecule has 0 radical (unpaired) electrons. The molecule has 0 spiro atoms. The maximum absolute atomic E-state index is 12.5. The van der Waals surface area contributed by atoms with Crippen molar-refractivity contribution in [2.24, 2.45) is 5.73 Å². The van der Waals surface area contributed by atoms with E-state index in [1.54, 1.807) is 26.4 Å². The lowest BCUT2D eigenvalue weighted by Gasteiger charge is -2.26. The standard InChI is InChI=1S/C15H22O2.C14H20O2.C12H17NO2.C10H12FNO.C10H12N2O3.C10H13NO.C8H15NO2.C5H13N.8C2H6/c1-4-5-6-7-8-15(16)13-9-12(2)10-14(11-13)17-3;1-2-3-4-8-11-14(15)16-12-13-9-6-5-7-10-13;1-3-4-12(14)13-9-10-5-7-11(15-2)8-6-10;1-2-3-10(13)12-9-6-4-8(11)5-7-9;1-2-3-10(13)11-8-4-6-9(7-5-8)12(14)15;1-2-6-10(12)11-9-7-4-3-5-8-9;1-2-3-8(10)9-4-6-11-7-5-9;1-2-3-4-5-6;8*1-2/h9-11H,4-8H2,1-3H3;5-7,9-10H,2-4,8,11-12H2,1H3;5-8H,3-4,9H2,1-2H3,(H,13,14);4-7H,2-3H2,1H3,(H,12,13);4-7H,2-3H2,1H3,(H,11,13);3-5,7-8H,2,6H2,1H3,(H,11,12);2-7H2,1H3;2-6H2,1H3;8*1-2H3. The smallest absolute Gasteiger partial charge is 0.306 e. The summed E-state index contributed by atoms with van der Waals surface area (Å²) in [6, 6.07) is 44.2. The SMILES string of the molecule is CC.CC.CC.CC.CC.CC.CC.CC.CCCC(=O)N1CCOCC1.CCCC(=O)NCc1ccc(OC)cc1.CCCC(=O)Nc1ccc(F)cc1.CCCC(=O)Nc1ccc([N+](=O)[O-])cc1.CCCC(=O)Nc1ccccc1.CCCCCCC(=O)OCc1ccccc1.CCCCCCC(=O)c1cc(C)cc(OC)c1.CCCCCN. The number of esters is 1. The molecule has 6 aromatic carbocycles. The van der Waals surface area contributed by atoms with E-state index in [0.717, 1.165) is 117 Å². The van der Waals surface area contributed by atoms with Gasteiger partial charge in [0.15, 0.2) is 5.78 Å². The summed E-state index contributed by atoms with van der Waals surface area (Å²) in [6.07, 6.45) is 21.1. The number of methoxy groups -OCH3 is 2. The van der Waals surface area contributed by atoms with Crippen molar-refractivity contribution in [1.29, 1.82) is 0 Å². The van der Waals surface area contributed by atoms with Gasteiger partial charge in [-0.05, 0) is 160 Å². The second-order valence-corrected chi connectivity index (χ2v) is 24.6. The number of Topliss-reactive ketones (excluding diaryl/α,β-unsaturated/α-hetero) is 1. The number of hydrogen-bond acceptors (Lipinski definition) is 14. The van der Waals surface area contributed by atoms with Gasteiger partial charge in [0.05, 0.1) is 32.4 Å². The van der Waals surface area contributed by atoms with Crippen LogP contribution in [0.1, 0.15) is 341 Å². The van der Waals surface area contributed by atoms with Crippen LogP contribution in [0.3, 0.4) is 0 Å². The summed E-state index contributed by atoms with van der Waals surface area (Å²) in [7, 11) is 3.27. The average molecular weight is 1700 g/mol. The van der Waals surface area contributed by atoms with Crippen molar-refractivity contribution >= 4 is 64.0 Å². The maximum atomic E-state index is 12.5. The number of morpholine rings is 1. The number of rotatable bonds is 34. The molecule has 1 fully saturated rings. The van der Waals surface area contributed by atoms with Crippen molar-refractivity contribution in [1.82, 2.24) is 10.2 Å². The molecule has 0 aliphatic carbocycles. The quantitative estimate of drug-likeness (QED) is 0.00826. The van der Waals surface area contributed by atoms with Crippen LogP contribution >= 0.6 is 0 Å². The number of para-hydroxylation sites is 1. The number of anilines is 3. The van der Waals surface area contributed by atoms with Gasteiger partial charge in [-0.1, -0.05) is 278 Å². The van der Waals surface area contributed by atoms with E-state index >= 15 is 0 Å². The Labute approximate surface area is 736 Å². The van der Waals surface area contributed by atoms with E-state index in [9.17, 15) is 48.1 Å². The number of non-ortho nitro benzene ring substituents is 1. The lowest BCUT2D eigenvalue weighted by molar-refractivity contribution is -0.384. The summed E-state index contributed by atoms with van der Waals surface area (Å²) in [5, 5.41) is 21.3. The second kappa shape index (κ2) is 103. The van der Waals surface area contributed by atoms with Crippen molar-refractivity contribution in [3.05, 3.63) is 190 Å². The van der Waals surface area contributed by atoms with Gasteiger partial charge in [0, 0.05) is 99.3 Å². The summed E-state index contributed by atoms with van der Waals surface area (Å²) >= 11 is 0. The normalized spacial score (nSPS) is 9.68. The lowest BCUT2D eigenvalue weighted by Crippen LogP contribution is -2.40. The van der Waals surface area contributed by atoms with Crippen molar-refractivity contribution in [3.8, 4) is 11.5 Å². The number of nitrogens with two attached hydrogens (primary N) is 1. The van der Waals surface area contributed by atoms with Crippen LogP contribution < -0.4 is 36.5 Å². The second-order valence-electron chi connectivity index (χ2n) is 24.6. The third kappa shape index (κ3) is 84.1.